The van der Waals surface area contributed by atoms with Gasteiger partial charge < -0.3 is 15.5 Å². The first-order chi connectivity index (χ1) is 12.2. The first-order valence-electron chi connectivity index (χ1n) is 8.21. The van der Waals surface area contributed by atoms with Gasteiger partial charge in [0.1, 0.15) is 0 Å². The predicted octanol–water partition coefficient (Wildman–Crippen LogP) is 2.50. The number of likely N-dealkylation sites (tertiary alicyclic amines) is 1. The third-order valence-electron chi connectivity index (χ3n) is 4.33. The number of fused-ring (bicyclic) bond motifs is 1. The summed E-state index contributed by atoms with van der Waals surface area (Å²) in [6.07, 6.45) is 6.23. The third kappa shape index (κ3) is 3.36. The number of likely N-dealkylation sites (N-methyl/N-ethyl adjacent to an activating group) is 1. The second-order valence-electron chi connectivity index (χ2n) is 6.34. The molecule has 1 aliphatic rings. The van der Waals surface area contributed by atoms with E-state index in [4.69, 9.17) is 0 Å². The maximum absolute atomic E-state index is 14.2. The van der Waals surface area contributed by atoms with E-state index in [9.17, 15) is 4.39 Å². The topological polar surface area (TPSA) is 66.0 Å². The lowest BCUT2D eigenvalue weighted by Gasteiger charge is -2.37. The van der Waals surface area contributed by atoms with Crippen molar-refractivity contribution in [3.63, 3.8) is 0 Å². The lowest BCUT2D eigenvalue weighted by molar-refractivity contribution is 0.205. The highest BCUT2D eigenvalue weighted by molar-refractivity contribution is 5.74. The van der Waals surface area contributed by atoms with Gasteiger partial charge in [-0.25, -0.2) is 4.39 Å². The van der Waals surface area contributed by atoms with Crippen LogP contribution in [0, 0.1) is 5.82 Å². The summed E-state index contributed by atoms with van der Waals surface area (Å²) in [6.45, 7) is 2.37. The van der Waals surface area contributed by atoms with Crippen LogP contribution < -0.4 is 10.6 Å². The molecule has 0 saturated carbocycles. The van der Waals surface area contributed by atoms with Crippen LogP contribution in [0.4, 0.5) is 15.8 Å². The highest BCUT2D eigenvalue weighted by Gasteiger charge is 2.24. The summed E-state index contributed by atoms with van der Waals surface area (Å²) < 4.78 is 14.2. The first kappa shape index (κ1) is 15.7. The Morgan fingerprint density at radius 2 is 1.96 bits per heavy atom. The Morgan fingerprint density at radius 1 is 1.16 bits per heavy atom. The maximum atomic E-state index is 14.2. The van der Waals surface area contributed by atoms with Crippen molar-refractivity contribution >= 4 is 22.4 Å². The van der Waals surface area contributed by atoms with E-state index in [1.54, 1.807) is 18.6 Å². The number of hydrogen-bond acceptors (Lipinski definition) is 6. The zero-order chi connectivity index (χ0) is 17.2. The molecule has 1 saturated heterocycles. The van der Waals surface area contributed by atoms with Crippen LogP contribution in [-0.2, 0) is 6.54 Å². The summed E-state index contributed by atoms with van der Waals surface area (Å²) in [5.74, 6) is -0.344. The number of aromatic nitrogens is 3. The molecular formula is C18H19FN6. The molecule has 0 bridgehead atoms. The number of nitrogens with zero attached hydrogens (tertiary/aromatic N) is 4. The maximum Gasteiger partial charge on any atom is 0.166 e. The fourth-order valence-corrected chi connectivity index (χ4v) is 3.03. The third-order valence-corrected chi connectivity index (χ3v) is 4.33. The fourth-order valence-electron chi connectivity index (χ4n) is 3.03. The summed E-state index contributed by atoms with van der Waals surface area (Å²) in [7, 11) is 2.04. The molecule has 1 fully saturated rings. The van der Waals surface area contributed by atoms with Crippen molar-refractivity contribution in [3.05, 3.63) is 54.4 Å². The van der Waals surface area contributed by atoms with E-state index in [1.165, 1.54) is 6.20 Å². The molecule has 0 radical (unpaired) electrons. The van der Waals surface area contributed by atoms with E-state index in [-0.39, 0.29) is 11.9 Å². The van der Waals surface area contributed by atoms with Crippen LogP contribution in [0.3, 0.4) is 0 Å². The van der Waals surface area contributed by atoms with Gasteiger partial charge in [0.05, 0.1) is 40.8 Å². The molecule has 1 aliphatic heterocycles. The second kappa shape index (κ2) is 6.60. The molecule has 0 unspecified atom stereocenters. The standard InChI is InChI=1S/C18H19FN6/c1-25-10-13(11-25)24-18-14(19)8-20-9-17(18)23-7-12-2-3-15-16(6-12)22-5-4-21-15/h2-6,8-9,13,23H,7,10-11H2,1H3,(H,20,24). The molecule has 2 aromatic heterocycles. The lowest BCUT2D eigenvalue weighted by atomic mass is 10.1. The van der Waals surface area contributed by atoms with E-state index < -0.39 is 0 Å². The Labute approximate surface area is 145 Å². The molecule has 7 heteroatoms. The second-order valence-corrected chi connectivity index (χ2v) is 6.34. The van der Waals surface area contributed by atoms with Gasteiger partial charge in [0.25, 0.3) is 0 Å². The van der Waals surface area contributed by atoms with Crippen LogP contribution in [0.25, 0.3) is 11.0 Å². The fraction of sp³-hybridized carbons (Fsp3) is 0.278. The number of halogens is 1. The monoisotopic (exact) mass is 338 g/mol. The molecule has 3 aromatic rings. The van der Waals surface area contributed by atoms with Crippen molar-refractivity contribution in [1.82, 2.24) is 19.9 Å². The molecule has 1 aromatic carbocycles. The summed E-state index contributed by atoms with van der Waals surface area (Å²) in [4.78, 5) is 14.7. The first-order valence-corrected chi connectivity index (χ1v) is 8.21. The Morgan fingerprint density at radius 3 is 2.76 bits per heavy atom. The molecule has 6 nitrogen and oxygen atoms in total. The largest absolute Gasteiger partial charge is 0.378 e. The molecule has 0 amide bonds. The molecular weight excluding hydrogens is 319 g/mol. The Hall–Kier alpha value is -2.80. The Kier molecular flexibility index (Phi) is 4.15. The number of anilines is 2. The minimum Gasteiger partial charge on any atom is -0.378 e. The number of nitrogens with one attached hydrogen (secondary N) is 2. The van der Waals surface area contributed by atoms with Gasteiger partial charge in [-0.15, -0.1) is 0 Å². The summed E-state index contributed by atoms with van der Waals surface area (Å²) in [5, 5.41) is 6.54. The van der Waals surface area contributed by atoms with Crippen LogP contribution in [-0.4, -0.2) is 46.0 Å². The quantitative estimate of drug-likeness (QED) is 0.745. The Balaban J connectivity index is 1.50. The molecule has 4 rings (SSSR count). The van der Waals surface area contributed by atoms with Gasteiger partial charge in [-0.05, 0) is 24.7 Å². The van der Waals surface area contributed by atoms with Crippen molar-refractivity contribution < 1.29 is 4.39 Å². The molecule has 2 N–H and O–H groups in total. The zero-order valence-electron chi connectivity index (χ0n) is 13.9. The molecule has 0 aliphatic carbocycles. The normalized spacial score (nSPS) is 15.1. The molecule has 25 heavy (non-hydrogen) atoms. The van der Waals surface area contributed by atoms with Gasteiger partial charge in [-0.2, -0.15) is 0 Å². The average molecular weight is 338 g/mol. The minimum atomic E-state index is -0.344. The van der Waals surface area contributed by atoms with Gasteiger partial charge >= 0.3 is 0 Å². The molecule has 0 atom stereocenters. The number of benzene rings is 1. The van der Waals surface area contributed by atoms with Crippen LogP contribution in [0.1, 0.15) is 5.56 Å². The highest BCUT2D eigenvalue weighted by atomic mass is 19.1. The van der Waals surface area contributed by atoms with Crippen molar-refractivity contribution in [2.24, 2.45) is 0 Å². The Bertz CT molecular complexity index is 894. The van der Waals surface area contributed by atoms with Crippen LogP contribution >= 0.6 is 0 Å². The van der Waals surface area contributed by atoms with Gasteiger partial charge in [0.2, 0.25) is 0 Å². The molecule has 3 heterocycles. The molecule has 0 spiro atoms. The summed E-state index contributed by atoms with van der Waals surface area (Å²) in [6, 6.07) is 6.17. The van der Waals surface area contributed by atoms with E-state index in [0.29, 0.717) is 17.9 Å². The van der Waals surface area contributed by atoms with Crippen LogP contribution in [0.2, 0.25) is 0 Å². The SMILES string of the molecule is CN1CC(Nc2c(F)cncc2NCc2ccc3nccnc3c2)C1. The predicted molar refractivity (Wildman–Crippen MR) is 96.0 cm³/mol. The smallest absolute Gasteiger partial charge is 0.166 e. The zero-order valence-corrected chi connectivity index (χ0v) is 13.9. The van der Waals surface area contributed by atoms with Crippen molar-refractivity contribution in [2.75, 3.05) is 30.8 Å². The summed E-state index contributed by atoms with van der Waals surface area (Å²) >= 11 is 0. The van der Waals surface area contributed by atoms with E-state index in [2.05, 4.69) is 30.5 Å². The van der Waals surface area contributed by atoms with Crippen LogP contribution in [0.15, 0.2) is 43.0 Å². The molecule has 128 valence electrons. The number of rotatable bonds is 5. The minimum absolute atomic E-state index is 0.262. The number of hydrogen-bond donors (Lipinski definition) is 2. The van der Waals surface area contributed by atoms with Crippen molar-refractivity contribution in [1.29, 1.82) is 0 Å². The summed E-state index contributed by atoms with van der Waals surface area (Å²) in [5.41, 5.74) is 3.89. The van der Waals surface area contributed by atoms with Gasteiger partial charge in [-0.1, -0.05) is 6.07 Å². The van der Waals surface area contributed by atoms with E-state index in [1.807, 2.05) is 25.2 Å². The lowest BCUT2D eigenvalue weighted by Crippen LogP contribution is -2.52. The van der Waals surface area contributed by atoms with Crippen molar-refractivity contribution in [3.8, 4) is 0 Å². The van der Waals surface area contributed by atoms with Crippen molar-refractivity contribution in [2.45, 2.75) is 12.6 Å². The van der Waals surface area contributed by atoms with Gasteiger partial charge in [-0.3, -0.25) is 15.0 Å². The van der Waals surface area contributed by atoms with Gasteiger partial charge in [0, 0.05) is 32.0 Å². The van der Waals surface area contributed by atoms with Gasteiger partial charge in [0.15, 0.2) is 5.82 Å². The highest BCUT2D eigenvalue weighted by Crippen LogP contribution is 2.26. The number of pyridine rings is 1. The van der Waals surface area contributed by atoms with E-state index >= 15 is 0 Å². The van der Waals surface area contributed by atoms with E-state index in [0.717, 1.165) is 29.7 Å². The van der Waals surface area contributed by atoms with Crippen LogP contribution in [0.5, 0.6) is 0 Å². The average Bonchev–Trinajstić information content (AvgIpc) is 2.60.